The van der Waals surface area contributed by atoms with Crippen LogP contribution in [0.2, 0.25) is 0 Å². The van der Waals surface area contributed by atoms with Gasteiger partial charge in [0.1, 0.15) is 11.4 Å². The number of azo groups is 1. The van der Waals surface area contributed by atoms with E-state index >= 15 is 0 Å². The molecule has 0 fully saturated rings. The van der Waals surface area contributed by atoms with Crippen molar-refractivity contribution in [1.29, 1.82) is 0 Å². The van der Waals surface area contributed by atoms with Crippen LogP contribution in [0.15, 0.2) is 52.7 Å². The Kier molecular flexibility index (Phi) is 3.89. The van der Waals surface area contributed by atoms with Gasteiger partial charge >= 0.3 is 0 Å². The van der Waals surface area contributed by atoms with Crippen molar-refractivity contribution in [1.82, 2.24) is 0 Å². The molecule has 0 aliphatic carbocycles. The number of aryl methyl sites for hydroxylation is 1. The number of rotatable bonds is 2. The summed E-state index contributed by atoms with van der Waals surface area (Å²) < 4.78 is 0. The maximum Gasteiger partial charge on any atom is 0.146 e. The Morgan fingerprint density at radius 2 is 1.60 bits per heavy atom. The Labute approximate surface area is 120 Å². The highest BCUT2D eigenvalue weighted by Gasteiger charge is 2.20. The maximum absolute atomic E-state index is 10.4. The summed E-state index contributed by atoms with van der Waals surface area (Å²) >= 11 is 0. The van der Waals surface area contributed by atoms with E-state index in [1.165, 1.54) is 0 Å². The topological polar surface area (TPSA) is 45.0 Å². The third kappa shape index (κ3) is 3.23. The van der Waals surface area contributed by atoms with Gasteiger partial charge in [0.25, 0.3) is 0 Å². The van der Waals surface area contributed by atoms with Crippen LogP contribution in [0.1, 0.15) is 31.9 Å². The van der Waals surface area contributed by atoms with Gasteiger partial charge in [0.15, 0.2) is 0 Å². The minimum absolute atomic E-state index is 0.132. The molecule has 20 heavy (non-hydrogen) atoms. The molecule has 0 aliphatic rings. The highest BCUT2D eigenvalue weighted by Crippen LogP contribution is 2.39. The van der Waals surface area contributed by atoms with E-state index in [4.69, 9.17) is 0 Å². The number of hydrogen-bond acceptors (Lipinski definition) is 3. The van der Waals surface area contributed by atoms with Gasteiger partial charge in [-0.3, -0.25) is 0 Å². The summed E-state index contributed by atoms with van der Waals surface area (Å²) in [6.07, 6.45) is 0. The van der Waals surface area contributed by atoms with Gasteiger partial charge in [0.2, 0.25) is 0 Å². The molecule has 3 nitrogen and oxygen atoms in total. The first kappa shape index (κ1) is 14.3. The number of nitrogens with zero attached hydrogens (tertiary/aromatic N) is 2. The lowest BCUT2D eigenvalue weighted by Crippen LogP contribution is -2.11. The third-order valence-corrected chi connectivity index (χ3v) is 3.07. The number of benzene rings is 2. The SMILES string of the molecule is Cc1cc(N=Nc2ccccc2)c(O)c(C(C)(C)C)c1. The molecule has 0 atom stereocenters. The highest BCUT2D eigenvalue weighted by atomic mass is 16.3. The molecule has 3 heteroatoms. The Balaban J connectivity index is 2.43. The van der Waals surface area contributed by atoms with Crippen molar-refractivity contribution in [3.8, 4) is 5.75 Å². The van der Waals surface area contributed by atoms with E-state index in [1.54, 1.807) is 0 Å². The zero-order chi connectivity index (χ0) is 14.8. The molecule has 0 saturated heterocycles. The summed E-state index contributed by atoms with van der Waals surface area (Å²) in [6, 6.07) is 13.3. The maximum atomic E-state index is 10.4. The zero-order valence-electron chi connectivity index (χ0n) is 12.4. The van der Waals surface area contributed by atoms with Crippen LogP contribution in [0, 0.1) is 6.92 Å². The van der Waals surface area contributed by atoms with Gasteiger partial charge in [-0.25, -0.2) is 0 Å². The lowest BCUT2D eigenvalue weighted by atomic mass is 9.85. The Morgan fingerprint density at radius 3 is 2.20 bits per heavy atom. The molecule has 0 saturated carbocycles. The van der Waals surface area contributed by atoms with Gasteiger partial charge in [-0.15, -0.1) is 5.11 Å². The van der Waals surface area contributed by atoms with E-state index in [2.05, 4.69) is 31.0 Å². The highest BCUT2D eigenvalue weighted by molar-refractivity contribution is 5.59. The first-order valence-electron chi connectivity index (χ1n) is 6.69. The first-order valence-corrected chi connectivity index (χ1v) is 6.69. The average Bonchev–Trinajstić information content (AvgIpc) is 2.39. The zero-order valence-corrected chi connectivity index (χ0v) is 12.4. The van der Waals surface area contributed by atoms with Crippen LogP contribution < -0.4 is 0 Å². The summed E-state index contributed by atoms with van der Waals surface area (Å²) in [4.78, 5) is 0. The Hall–Kier alpha value is -2.16. The Morgan fingerprint density at radius 1 is 0.950 bits per heavy atom. The van der Waals surface area contributed by atoms with Crippen LogP contribution in [0.4, 0.5) is 11.4 Å². The molecule has 0 bridgehead atoms. The minimum Gasteiger partial charge on any atom is -0.505 e. The van der Waals surface area contributed by atoms with Crippen LogP contribution in [0.5, 0.6) is 5.75 Å². The number of phenols is 1. The molecule has 104 valence electrons. The minimum atomic E-state index is -0.132. The predicted octanol–water partition coefficient (Wildman–Crippen LogP) is 5.41. The number of hydrogen-bond donors (Lipinski definition) is 1. The second-order valence-corrected chi connectivity index (χ2v) is 5.97. The van der Waals surface area contributed by atoms with Crippen molar-refractivity contribution in [2.45, 2.75) is 33.1 Å². The molecule has 0 amide bonds. The molecular weight excluding hydrogens is 248 g/mol. The fourth-order valence-electron chi connectivity index (χ4n) is 2.01. The van der Waals surface area contributed by atoms with Crippen molar-refractivity contribution in [2.75, 3.05) is 0 Å². The summed E-state index contributed by atoms with van der Waals surface area (Å²) in [5.41, 5.74) is 3.10. The monoisotopic (exact) mass is 268 g/mol. The number of phenolic OH excluding ortho intramolecular Hbond substituents is 1. The summed E-state index contributed by atoms with van der Waals surface area (Å²) in [6.45, 7) is 8.20. The lowest BCUT2D eigenvalue weighted by molar-refractivity contribution is 0.447. The van der Waals surface area contributed by atoms with Crippen molar-refractivity contribution in [2.24, 2.45) is 10.2 Å². The van der Waals surface area contributed by atoms with E-state index < -0.39 is 0 Å². The molecule has 0 spiro atoms. The van der Waals surface area contributed by atoms with E-state index in [0.29, 0.717) is 5.69 Å². The fourth-order valence-corrected chi connectivity index (χ4v) is 2.01. The van der Waals surface area contributed by atoms with Gasteiger partial charge in [-0.1, -0.05) is 45.0 Å². The van der Waals surface area contributed by atoms with Crippen molar-refractivity contribution in [3.63, 3.8) is 0 Å². The summed E-state index contributed by atoms with van der Waals surface area (Å²) in [5, 5.41) is 18.7. The quantitative estimate of drug-likeness (QED) is 0.727. The first-order chi connectivity index (χ1) is 9.38. The van der Waals surface area contributed by atoms with Gasteiger partial charge in [0, 0.05) is 5.56 Å². The summed E-state index contributed by atoms with van der Waals surface area (Å²) in [5.74, 6) is 0.211. The largest absolute Gasteiger partial charge is 0.505 e. The normalized spacial score (nSPS) is 12.0. The fraction of sp³-hybridized carbons (Fsp3) is 0.294. The third-order valence-electron chi connectivity index (χ3n) is 3.07. The lowest BCUT2D eigenvalue weighted by Gasteiger charge is -2.21. The smallest absolute Gasteiger partial charge is 0.146 e. The average molecular weight is 268 g/mol. The molecule has 0 aromatic heterocycles. The van der Waals surface area contributed by atoms with E-state index in [-0.39, 0.29) is 11.2 Å². The van der Waals surface area contributed by atoms with Gasteiger partial charge in [-0.05, 0) is 36.1 Å². The van der Waals surface area contributed by atoms with Crippen LogP contribution in [-0.4, -0.2) is 5.11 Å². The molecule has 0 heterocycles. The predicted molar refractivity (Wildman–Crippen MR) is 82.2 cm³/mol. The second kappa shape index (κ2) is 5.45. The molecule has 2 rings (SSSR count). The standard InChI is InChI=1S/C17H20N2O/c1-12-10-14(17(2,3)4)16(20)15(11-12)19-18-13-8-6-5-7-9-13/h5-11,20H,1-4H3. The molecular formula is C17H20N2O. The van der Waals surface area contributed by atoms with E-state index in [9.17, 15) is 5.11 Å². The Bertz CT molecular complexity index is 625. The van der Waals surface area contributed by atoms with Crippen molar-refractivity contribution in [3.05, 3.63) is 53.6 Å². The molecule has 1 N–H and O–H groups in total. The van der Waals surface area contributed by atoms with Crippen molar-refractivity contribution >= 4 is 11.4 Å². The van der Waals surface area contributed by atoms with Gasteiger partial charge < -0.3 is 5.11 Å². The number of aromatic hydroxyl groups is 1. The van der Waals surface area contributed by atoms with Crippen LogP contribution >= 0.6 is 0 Å². The van der Waals surface area contributed by atoms with Crippen molar-refractivity contribution < 1.29 is 5.11 Å². The van der Waals surface area contributed by atoms with Gasteiger partial charge in [-0.2, -0.15) is 5.11 Å². The molecule has 0 unspecified atom stereocenters. The molecule has 2 aromatic rings. The van der Waals surface area contributed by atoms with Crippen LogP contribution in [-0.2, 0) is 5.41 Å². The second-order valence-electron chi connectivity index (χ2n) is 5.97. The molecule has 0 aliphatic heterocycles. The van der Waals surface area contributed by atoms with E-state index in [1.807, 2.05) is 49.4 Å². The molecule has 0 radical (unpaired) electrons. The summed E-state index contributed by atoms with van der Waals surface area (Å²) in [7, 11) is 0. The molecule has 2 aromatic carbocycles. The van der Waals surface area contributed by atoms with Crippen LogP contribution in [0.25, 0.3) is 0 Å². The van der Waals surface area contributed by atoms with Gasteiger partial charge in [0.05, 0.1) is 5.69 Å². The van der Waals surface area contributed by atoms with Crippen LogP contribution in [0.3, 0.4) is 0 Å². The van der Waals surface area contributed by atoms with E-state index in [0.717, 1.165) is 16.8 Å².